The average Bonchev–Trinajstić information content (AvgIpc) is 2.97. The second kappa shape index (κ2) is 6.93. The van der Waals surface area contributed by atoms with E-state index in [0.29, 0.717) is 22.6 Å². The first kappa shape index (κ1) is 17.0. The molecule has 25 heavy (non-hydrogen) atoms. The molecule has 1 unspecified atom stereocenters. The molecule has 6 heteroatoms. The minimum absolute atomic E-state index is 0.158. The Balaban J connectivity index is 1.80. The molecule has 0 saturated heterocycles. The molecule has 1 heterocycles. The van der Waals surface area contributed by atoms with E-state index in [-0.39, 0.29) is 18.3 Å². The van der Waals surface area contributed by atoms with Crippen LogP contribution < -0.4 is 5.32 Å². The van der Waals surface area contributed by atoms with Gasteiger partial charge >= 0.3 is 5.97 Å². The van der Waals surface area contributed by atoms with Crippen molar-refractivity contribution < 1.29 is 18.7 Å². The summed E-state index contributed by atoms with van der Waals surface area (Å²) in [7, 11) is 0. The molecule has 0 amide bonds. The number of hydrogen-bond donors (Lipinski definition) is 2. The minimum atomic E-state index is -1.03. The van der Waals surface area contributed by atoms with Crippen molar-refractivity contribution in [2.45, 2.75) is 32.2 Å². The summed E-state index contributed by atoms with van der Waals surface area (Å²) in [5.41, 5.74) is 3.12. The Morgan fingerprint density at radius 1 is 1.24 bits per heavy atom. The molecule has 0 spiro atoms. The highest BCUT2D eigenvalue weighted by molar-refractivity contribution is 5.79. The Labute approximate surface area is 144 Å². The number of aromatic nitrogens is 1. The number of rotatable bonds is 6. The maximum atomic E-state index is 13.0. The molecule has 5 nitrogen and oxygen atoms in total. The molecule has 3 rings (SSSR count). The number of nitrogens with zero attached hydrogens (tertiary/aromatic N) is 1. The monoisotopic (exact) mass is 342 g/mol. The van der Waals surface area contributed by atoms with Crippen LogP contribution in [0.4, 0.5) is 10.4 Å². The number of aliphatic carboxylic acids is 1. The number of benzene rings is 2. The Morgan fingerprint density at radius 3 is 2.60 bits per heavy atom. The van der Waals surface area contributed by atoms with Crippen molar-refractivity contribution >= 4 is 23.1 Å². The number of oxazole rings is 1. The number of hydrogen-bond acceptors (Lipinski definition) is 4. The lowest BCUT2D eigenvalue weighted by Gasteiger charge is -2.12. The van der Waals surface area contributed by atoms with E-state index in [0.717, 1.165) is 5.56 Å². The molecule has 0 fully saturated rings. The summed E-state index contributed by atoms with van der Waals surface area (Å²) in [5, 5.41) is 12.2. The molecule has 0 saturated carbocycles. The van der Waals surface area contributed by atoms with Gasteiger partial charge in [0.25, 0.3) is 6.01 Å². The van der Waals surface area contributed by atoms with Gasteiger partial charge in [-0.2, -0.15) is 4.98 Å². The van der Waals surface area contributed by atoms with E-state index >= 15 is 0 Å². The predicted octanol–water partition coefficient (Wildman–Crippen LogP) is 4.20. The number of carbonyl (C=O) groups is 1. The van der Waals surface area contributed by atoms with Crippen LogP contribution in [-0.2, 0) is 11.2 Å². The van der Waals surface area contributed by atoms with Gasteiger partial charge < -0.3 is 14.8 Å². The smallest absolute Gasteiger partial charge is 0.326 e. The third-order valence-electron chi connectivity index (χ3n) is 4.03. The molecule has 3 aromatic rings. The van der Waals surface area contributed by atoms with E-state index in [4.69, 9.17) is 4.42 Å². The van der Waals surface area contributed by atoms with Gasteiger partial charge in [0.2, 0.25) is 0 Å². The highest BCUT2D eigenvalue weighted by atomic mass is 19.1. The minimum Gasteiger partial charge on any atom is -0.480 e. The number of fused-ring (bicyclic) bond motifs is 1. The van der Waals surface area contributed by atoms with Gasteiger partial charge in [0, 0.05) is 6.42 Å². The number of carboxylic acids is 1. The van der Waals surface area contributed by atoms with E-state index in [9.17, 15) is 14.3 Å². The van der Waals surface area contributed by atoms with Crippen LogP contribution in [0.25, 0.3) is 11.1 Å². The summed E-state index contributed by atoms with van der Waals surface area (Å²) in [6, 6.07) is 10.7. The number of anilines is 1. The van der Waals surface area contributed by atoms with Gasteiger partial charge in [-0.05, 0) is 41.3 Å². The predicted molar refractivity (Wildman–Crippen MR) is 93.2 cm³/mol. The Bertz CT molecular complexity index is 887. The quantitative estimate of drug-likeness (QED) is 0.702. The molecular formula is C19H19FN2O3. The third-order valence-corrected chi connectivity index (χ3v) is 4.03. The largest absolute Gasteiger partial charge is 0.480 e. The van der Waals surface area contributed by atoms with Crippen molar-refractivity contribution in [2.75, 3.05) is 5.32 Å². The van der Waals surface area contributed by atoms with Crippen molar-refractivity contribution in [3.8, 4) is 0 Å². The van der Waals surface area contributed by atoms with Crippen LogP contribution in [-0.4, -0.2) is 22.1 Å². The summed E-state index contributed by atoms with van der Waals surface area (Å²) in [6.07, 6.45) is 0.186. The average molecular weight is 342 g/mol. The van der Waals surface area contributed by atoms with Crippen LogP contribution in [0.5, 0.6) is 0 Å². The van der Waals surface area contributed by atoms with Crippen LogP contribution >= 0.6 is 0 Å². The lowest BCUT2D eigenvalue weighted by atomic mass is 10.0. The van der Waals surface area contributed by atoms with Crippen molar-refractivity contribution in [1.82, 2.24) is 4.98 Å². The van der Waals surface area contributed by atoms with Gasteiger partial charge in [0.05, 0.1) is 0 Å². The van der Waals surface area contributed by atoms with E-state index < -0.39 is 12.0 Å². The van der Waals surface area contributed by atoms with Crippen molar-refractivity contribution in [3.63, 3.8) is 0 Å². The molecule has 0 bridgehead atoms. The lowest BCUT2D eigenvalue weighted by Crippen LogP contribution is -2.31. The van der Waals surface area contributed by atoms with Crippen molar-refractivity contribution in [2.24, 2.45) is 0 Å². The number of nitrogens with one attached hydrogen (secondary N) is 1. The standard InChI is InChI=1S/C19H19FN2O3/c1-11(2)13-5-8-17-15(10-13)21-19(25-17)22-16(18(23)24)9-12-3-6-14(20)7-4-12/h3-8,10-11,16H,9H2,1-2H3,(H,21,22)(H,23,24). The second-order valence-electron chi connectivity index (χ2n) is 6.27. The molecular weight excluding hydrogens is 323 g/mol. The highest BCUT2D eigenvalue weighted by Crippen LogP contribution is 2.24. The summed E-state index contributed by atoms with van der Waals surface area (Å²) in [5.74, 6) is -1.03. The SMILES string of the molecule is CC(C)c1ccc2oc(NC(Cc3ccc(F)cc3)C(=O)O)nc2c1. The first-order valence-corrected chi connectivity index (χ1v) is 8.06. The van der Waals surface area contributed by atoms with Gasteiger partial charge in [0.1, 0.15) is 17.4 Å². The van der Waals surface area contributed by atoms with Crippen LogP contribution in [0.2, 0.25) is 0 Å². The Morgan fingerprint density at radius 2 is 1.96 bits per heavy atom. The molecule has 0 aliphatic heterocycles. The normalized spacial score (nSPS) is 12.5. The van der Waals surface area contributed by atoms with Gasteiger partial charge in [0.15, 0.2) is 5.58 Å². The van der Waals surface area contributed by atoms with E-state index in [1.807, 2.05) is 18.2 Å². The molecule has 0 aliphatic rings. The summed E-state index contributed by atoms with van der Waals surface area (Å²) in [4.78, 5) is 15.9. The molecule has 0 radical (unpaired) electrons. The van der Waals surface area contributed by atoms with Crippen molar-refractivity contribution in [1.29, 1.82) is 0 Å². The fourth-order valence-electron chi connectivity index (χ4n) is 2.57. The summed E-state index contributed by atoms with van der Waals surface area (Å²) in [6.45, 7) is 4.17. The molecule has 1 aromatic heterocycles. The van der Waals surface area contributed by atoms with Gasteiger partial charge in [-0.1, -0.05) is 32.0 Å². The van der Waals surface area contributed by atoms with Crippen LogP contribution in [0.3, 0.4) is 0 Å². The topological polar surface area (TPSA) is 75.4 Å². The zero-order valence-corrected chi connectivity index (χ0v) is 14.0. The maximum Gasteiger partial charge on any atom is 0.326 e. The molecule has 2 aromatic carbocycles. The van der Waals surface area contributed by atoms with Crippen molar-refractivity contribution in [3.05, 3.63) is 59.4 Å². The number of carboxylic acid groups (broad SMARTS) is 1. The third kappa shape index (κ3) is 3.96. The Hall–Kier alpha value is -2.89. The number of halogens is 1. The maximum absolute atomic E-state index is 13.0. The molecule has 2 N–H and O–H groups in total. The van der Waals surface area contributed by atoms with Gasteiger partial charge in [-0.15, -0.1) is 0 Å². The Kier molecular flexibility index (Phi) is 4.70. The zero-order chi connectivity index (χ0) is 18.0. The summed E-state index contributed by atoms with van der Waals surface area (Å²) >= 11 is 0. The molecule has 0 aliphatic carbocycles. The lowest BCUT2D eigenvalue weighted by molar-refractivity contribution is -0.137. The van der Waals surface area contributed by atoms with Crippen LogP contribution in [0.1, 0.15) is 30.9 Å². The van der Waals surface area contributed by atoms with Gasteiger partial charge in [-0.3, -0.25) is 0 Å². The van der Waals surface area contributed by atoms with Crippen LogP contribution in [0.15, 0.2) is 46.9 Å². The molecule has 1 atom stereocenters. The fourth-order valence-corrected chi connectivity index (χ4v) is 2.57. The highest BCUT2D eigenvalue weighted by Gasteiger charge is 2.20. The van der Waals surface area contributed by atoms with E-state index in [2.05, 4.69) is 24.1 Å². The summed E-state index contributed by atoms with van der Waals surface area (Å²) < 4.78 is 18.6. The fraction of sp³-hybridized carbons (Fsp3) is 0.263. The van der Waals surface area contributed by atoms with Gasteiger partial charge in [-0.25, -0.2) is 9.18 Å². The zero-order valence-electron chi connectivity index (χ0n) is 14.0. The molecule has 130 valence electrons. The first-order chi connectivity index (χ1) is 11.9. The van der Waals surface area contributed by atoms with Crippen LogP contribution in [0, 0.1) is 5.82 Å². The first-order valence-electron chi connectivity index (χ1n) is 8.06. The van der Waals surface area contributed by atoms with E-state index in [1.165, 1.54) is 12.1 Å². The second-order valence-corrected chi connectivity index (χ2v) is 6.27. The van der Waals surface area contributed by atoms with E-state index in [1.54, 1.807) is 12.1 Å².